The van der Waals surface area contributed by atoms with Gasteiger partial charge in [-0.1, -0.05) is 109 Å². The van der Waals surface area contributed by atoms with Gasteiger partial charge >= 0.3 is 0 Å². The minimum Gasteiger partial charge on any atom is -0.456 e. The lowest BCUT2D eigenvalue weighted by molar-refractivity contribution is 0.645. The van der Waals surface area contributed by atoms with Gasteiger partial charge in [0.25, 0.3) is 0 Å². The van der Waals surface area contributed by atoms with Gasteiger partial charge in [0.15, 0.2) is 0 Å². The number of para-hydroxylation sites is 4. The third-order valence-electron chi connectivity index (χ3n) is 11.1. The molecule has 12 rings (SSSR count). The van der Waals surface area contributed by atoms with Crippen LogP contribution in [-0.2, 0) is 0 Å². The van der Waals surface area contributed by atoms with Crippen molar-refractivity contribution in [3.05, 3.63) is 182 Å². The number of hydrogen-bond acceptors (Lipinski definition) is 2. The fourth-order valence-electron chi connectivity index (χ4n) is 8.73. The van der Waals surface area contributed by atoms with Crippen molar-refractivity contribution >= 4 is 76.7 Å². The van der Waals surface area contributed by atoms with Gasteiger partial charge in [-0.25, -0.2) is 0 Å². The molecule has 4 heterocycles. The summed E-state index contributed by atoms with van der Waals surface area (Å²) in [5.74, 6) is 0. The van der Waals surface area contributed by atoms with Gasteiger partial charge in [-0.15, -0.1) is 0 Å². The van der Waals surface area contributed by atoms with E-state index in [0.717, 1.165) is 83.2 Å². The molecule has 12 aromatic rings. The van der Waals surface area contributed by atoms with Crippen molar-refractivity contribution in [2.24, 2.45) is 0 Å². The lowest BCUT2D eigenvalue weighted by Gasteiger charge is -2.10. The van der Waals surface area contributed by atoms with Crippen LogP contribution >= 0.6 is 0 Å². The average molecular weight is 691 g/mol. The predicted molar refractivity (Wildman–Crippen MR) is 223 cm³/mol. The molecule has 0 aliphatic heterocycles. The van der Waals surface area contributed by atoms with Crippen LogP contribution in [0.15, 0.2) is 191 Å². The number of rotatable bonds is 4. The summed E-state index contributed by atoms with van der Waals surface area (Å²) in [5.41, 5.74) is 13.9. The molecule has 0 bridgehead atoms. The number of fused-ring (bicyclic) bond motifs is 11. The quantitative estimate of drug-likeness (QED) is 0.184. The van der Waals surface area contributed by atoms with Crippen LogP contribution in [0.5, 0.6) is 0 Å². The van der Waals surface area contributed by atoms with Gasteiger partial charge in [-0.05, 0) is 95.1 Å². The molecule has 0 saturated heterocycles. The van der Waals surface area contributed by atoms with Crippen LogP contribution in [0.3, 0.4) is 0 Å². The SMILES string of the molecule is c1ccc(-n2c3ccccc3c3c4c(-c5ccc(-n6c7ccccc7c7cc(-c8ccc9c(c8)oc8ccccc89)ccc76)cc5)cccc4oc32)cc1. The van der Waals surface area contributed by atoms with Crippen molar-refractivity contribution in [1.29, 1.82) is 0 Å². The first kappa shape index (κ1) is 29.3. The summed E-state index contributed by atoms with van der Waals surface area (Å²) in [6.07, 6.45) is 0. The van der Waals surface area contributed by atoms with E-state index in [1.54, 1.807) is 0 Å². The molecule has 0 fully saturated rings. The second-order valence-corrected chi connectivity index (χ2v) is 14.1. The molecule has 0 N–H and O–H groups in total. The summed E-state index contributed by atoms with van der Waals surface area (Å²) in [6, 6.07) is 64.7. The van der Waals surface area contributed by atoms with Crippen LogP contribution in [0.2, 0.25) is 0 Å². The molecule has 4 nitrogen and oxygen atoms in total. The first-order valence-corrected chi connectivity index (χ1v) is 18.3. The highest BCUT2D eigenvalue weighted by Crippen LogP contribution is 2.44. The largest absolute Gasteiger partial charge is 0.456 e. The Morgan fingerprint density at radius 2 is 0.926 bits per heavy atom. The summed E-state index contributed by atoms with van der Waals surface area (Å²) in [5, 5.41) is 8.19. The molecule has 0 saturated carbocycles. The van der Waals surface area contributed by atoms with Crippen LogP contribution in [0.4, 0.5) is 0 Å². The van der Waals surface area contributed by atoms with Gasteiger partial charge in [0.05, 0.1) is 21.9 Å². The van der Waals surface area contributed by atoms with Crippen LogP contribution < -0.4 is 0 Å². The molecule has 54 heavy (non-hydrogen) atoms. The second-order valence-electron chi connectivity index (χ2n) is 14.1. The number of hydrogen-bond donors (Lipinski definition) is 0. The maximum absolute atomic E-state index is 6.69. The normalized spacial score (nSPS) is 12.1. The van der Waals surface area contributed by atoms with Crippen molar-refractivity contribution in [2.75, 3.05) is 0 Å². The smallest absolute Gasteiger partial charge is 0.213 e. The Kier molecular flexibility index (Phi) is 6.02. The summed E-state index contributed by atoms with van der Waals surface area (Å²) in [6.45, 7) is 0. The molecule has 0 spiro atoms. The minimum atomic E-state index is 0.864. The van der Waals surface area contributed by atoms with E-state index in [1.807, 2.05) is 18.2 Å². The van der Waals surface area contributed by atoms with E-state index in [9.17, 15) is 0 Å². The van der Waals surface area contributed by atoms with Crippen LogP contribution in [0.25, 0.3) is 110 Å². The van der Waals surface area contributed by atoms with Gasteiger partial charge in [0.2, 0.25) is 5.71 Å². The zero-order chi connectivity index (χ0) is 35.3. The molecule has 4 aromatic heterocycles. The lowest BCUT2D eigenvalue weighted by Crippen LogP contribution is -1.93. The molecule has 0 aliphatic carbocycles. The Morgan fingerprint density at radius 3 is 1.78 bits per heavy atom. The maximum atomic E-state index is 6.69. The molecule has 0 aliphatic rings. The van der Waals surface area contributed by atoms with Crippen molar-refractivity contribution in [1.82, 2.24) is 9.13 Å². The average Bonchev–Trinajstić information content (AvgIpc) is 3.97. The topological polar surface area (TPSA) is 36.1 Å². The molecular formula is C50H30N2O2. The highest BCUT2D eigenvalue weighted by molar-refractivity contribution is 6.23. The third kappa shape index (κ3) is 4.13. The lowest BCUT2D eigenvalue weighted by atomic mass is 9.99. The fraction of sp³-hybridized carbons (Fsp3) is 0. The van der Waals surface area contributed by atoms with Crippen molar-refractivity contribution in [3.63, 3.8) is 0 Å². The summed E-state index contributed by atoms with van der Waals surface area (Å²) < 4.78 is 17.6. The van der Waals surface area contributed by atoms with Crippen LogP contribution in [0, 0.1) is 0 Å². The third-order valence-corrected chi connectivity index (χ3v) is 11.1. The molecular weight excluding hydrogens is 661 g/mol. The van der Waals surface area contributed by atoms with E-state index >= 15 is 0 Å². The van der Waals surface area contributed by atoms with Gasteiger partial charge in [-0.2, -0.15) is 0 Å². The first-order valence-electron chi connectivity index (χ1n) is 18.3. The second kappa shape index (κ2) is 11.1. The summed E-state index contributed by atoms with van der Waals surface area (Å²) in [4.78, 5) is 0. The zero-order valence-corrected chi connectivity index (χ0v) is 29.0. The van der Waals surface area contributed by atoms with Crippen LogP contribution in [-0.4, -0.2) is 9.13 Å². The molecule has 252 valence electrons. The molecule has 8 aromatic carbocycles. The molecule has 0 atom stereocenters. The Bertz CT molecular complexity index is 3430. The Labute approximate surface area is 309 Å². The van der Waals surface area contributed by atoms with Crippen molar-refractivity contribution in [3.8, 4) is 33.6 Å². The Hall–Kier alpha value is -7.30. The molecule has 0 unspecified atom stereocenters. The fourth-order valence-corrected chi connectivity index (χ4v) is 8.73. The maximum Gasteiger partial charge on any atom is 0.213 e. The van der Waals surface area contributed by atoms with Crippen molar-refractivity contribution in [2.45, 2.75) is 0 Å². The number of benzene rings is 8. The summed E-state index contributed by atoms with van der Waals surface area (Å²) >= 11 is 0. The zero-order valence-electron chi connectivity index (χ0n) is 29.0. The van der Waals surface area contributed by atoms with Crippen molar-refractivity contribution < 1.29 is 8.83 Å². The van der Waals surface area contributed by atoms with Gasteiger partial charge in [0.1, 0.15) is 16.7 Å². The Morgan fingerprint density at radius 1 is 0.315 bits per heavy atom. The van der Waals surface area contributed by atoms with E-state index < -0.39 is 0 Å². The molecule has 0 radical (unpaired) electrons. The van der Waals surface area contributed by atoms with Gasteiger partial charge < -0.3 is 13.4 Å². The van der Waals surface area contributed by atoms with E-state index in [-0.39, 0.29) is 0 Å². The molecule has 0 amide bonds. The highest BCUT2D eigenvalue weighted by atomic mass is 16.3. The number of aromatic nitrogens is 2. The van der Waals surface area contributed by atoms with Gasteiger partial charge in [-0.3, -0.25) is 4.57 Å². The first-order chi connectivity index (χ1) is 26.8. The predicted octanol–water partition coefficient (Wildman–Crippen LogP) is 13.9. The van der Waals surface area contributed by atoms with E-state index in [0.29, 0.717) is 0 Å². The standard InChI is InChI=1S/C50H30N2O2/c1-2-11-34(12-3-1)52-43-18-8-5-15-40(43)49-48-36(16-10-20-46(48)54-50(49)52)31-21-25-35(26-22-31)51-42-17-7-4-13-37(42)41-29-32(24-28-44(41)51)33-23-27-39-38-14-6-9-19-45(38)53-47(39)30-33/h1-30H. The monoisotopic (exact) mass is 690 g/mol. The highest BCUT2D eigenvalue weighted by Gasteiger charge is 2.22. The summed E-state index contributed by atoms with van der Waals surface area (Å²) in [7, 11) is 0. The van der Waals surface area contributed by atoms with E-state index in [1.165, 1.54) is 27.2 Å². The van der Waals surface area contributed by atoms with Crippen LogP contribution in [0.1, 0.15) is 0 Å². The van der Waals surface area contributed by atoms with E-state index in [4.69, 9.17) is 8.83 Å². The molecule has 4 heteroatoms. The van der Waals surface area contributed by atoms with E-state index in [2.05, 4.69) is 173 Å². The minimum absolute atomic E-state index is 0.864. The van der Waals surface area contributed by atoms with Gasteiger partial charge in [0, 0.05) is 43.7 Å². The Balaban J connectivity index is 0.992. The number of nitrogens with zero attached hydrogens (tertiary/aromatic N) is 2. The number of furan rings is 2.